The number of carbonyl (C=O) groups excluding carboxylic acids is 1. The molecule has 2 heterocycles. The minimum absolute atomic E-state index is 0. The maximum absolute atomic E-state index is 12.4. The number of benzene rings is 1. The molecule has 2 aliphatic heterocycles. The predicted molar refractivity (Wildman–Crippen MR) is 93.4 cm³/mol. The van der Waals surface area contributed by atoms with Gasteiger partial charge in [-0.15, -0.1) is 12.4 Å². The Bertz CT molecular complexity index is 519. The molecule has 1 amide bonds. The molecule has 7 heteroatoms. The van der Waals surface area contributed by atoms with Gasteiger partial charge in [-0.2, -0.15) is 0 Å². The van der Waals surface area contributed by atoms with E-state index < -0.39 is 0 Å². The molecule has 0 aromatic heterocycles. The fraction of sp³-hybridized carbons (Fsp3) is 0.562. The predicted octanol–water partition coefficient (Wildman–Crippen LogP) is 1.29. The van der Waals surface area contributed by atoms with Crippen LogP contribution in [0.4, 0.5) is 0 Å². The lowest BCUT2D eigenvalue weighted by Crippen LogP contribution is -2.50. The summed E-state index contributed by atoms with van der Waals surface area (Å²) in [7, 11) is 0. The van der Waals surface area contributed by atoms with Crippen LogP contribution in [0.3, 0.4) is 0 Å². The highest BCUT2D eigenvalue weighted by Gasteiger charge is 2.29. The minimum Gasteiger partial charge on any atom is -0.390 e. The summed E-state index contributed by atoms with van der Waals surface area (Å²) in [5, 5.41) is 17.2. The fourth-order valence-corrected chi connectivity index (χ4v) is 3.29. The lowest BCUT2D eigenvalue weighted by Gasteiger charge is -2.34. The summed E-state index contributed by atoms with van der Waals surface area (Å²) < 4.78 is 0. The second-order valence-corrected chi connectivity index (χ2v) is 6.51. The first-order valence-electron chi connectivity index (χ1n) is 7.83. The van der Waals surface area contributed by atoms with E-state index in [-0.39, 0.29) is 30.5 Å². The first-order chi connectivity index (χ1) is 10.6. The average molecular weight is 360 g/mol. The van der Waals surface area contributed by atoms with Gasteiger partial charge < -0.3 is 20.6 Å². The highest BCUT2D eigenvalue weighted by molar-refractivity contribution is 6.30. The molecule has 2 atom stereocenters. The molecule has 2 unspecified atom stereocenters. The van der Waals surface area contributed by atoms with E-state index in [1.165, 1.54) is 0 Å². The van der Waals surface area contributed by atoms with Gasteiger partial charge in [-0.25, -0.2) is 0 Å². The Hall–Kier alpha value is -0.850. The van der Waals surface area contributed by atoms with E-state index in [1.54, 1.807) is 24.3 Å². The normalized spacial score (nSPS) is 25.2. The Morgan fingerprint density at radius 3 is 2.43 bits per heavy atom. The van der Waals surface area contributed by atoms with E-state index in [0.29, 0.717) is 23.2 Å². The molecule has 3 N–H and O–H groups in total. The summed E-state index contributed by atoms with van der Waals surface area (Å²) in [6.45, 7) is 2.96. The van der Waals surface area contributed by atoms with Gasteiger partial charge in [-0.05, 0) is 37.1 Å². The van der Waals surface area contributed by atoms with Gasteiger partial charge >= 0.3 is 0 Å². The molecule has 5 nitrogen and oxygen atoms in total. The van der Waals surface area contributed by atoms with Crippen molar-refractivity contribution in [2.75, 3.05) is 26.2 Å². The van der Waals surface area contributed by atoms with Gasteiger partial charge in [0.1, 0.15) is 0 Å². The number of likely N-dealkylation sites (tertiary alicyclic amines) is 1. The first kappa shape index (κ1) is 18.5. The molecule has 1 aromatic carbocycles. The van der Waals surface area contributed by atoms with E-state index in [9.17, 15) is 9.90 Å². The Morgan fingerprint density at radius 2 is 1.87 bits per heavy atom. The van der Waals surface area contributed by atoms with E-state index in [4.69, 9.17) is 11.6 Å². The van der Waals surface area contributed by atoms with Crippen LogP contribution in [-0.4, -0.2) is 60.3 Å². The Kier molecular flexibility index (Phi) is 6.68. The maximum atomic E-state index is 12.4. The monoisotopic (exact) mass is 359 g/mol. The minimum atomic E-state index is -0.311. The Morgan fingerprint density at radius 1 is 1.22 bits per heavy atom. The highest BCUT2D eigenvalue weighted by atomic mass is 35.5. The summed E-state index contributed by atoms with van der Waals surface area (Å²) in [5.74, 6) is 0.0673. The summed E-state index contributed by atoms with van der Waals surface area (Å²) in [6, 6.07) is 7.54. The number of nitrogens with one attached hydrogen (secondary N) is 2. The molecule has 1 aromatic rings. The van der Waals surface area contributed by atoms with Gasteiger partial charge in [0.05, 0.1) is 6.10 Å². The average Bonchev–Trinajstić information content (AvgIpc) is 2.93. The molecule has 0 radical (unpaired) electrons. The molecule has 23 heavy (non-hydrogen) atoms. The largest absolute Gasteiger partial charge is 0.390 e. The van der Waals surface area contributed by atoms with Crippen molar-refractivity contribution in [3.8, 4) is 0 Å². The third kappa shape index (κ3) is 4.58. The number of hydrogen-bond donors (Lipinski definition) is 3. The van der Waals surface area contributed by atoms with Crippen molar-refractivity contribution in [3.05, 3.63) is 34.9 Å². The van der Waals surface area contributed by atoms with Gasteiger partial charge in [0.2, 0.25) is 0 Å². The summed E-state index contributed by atoms with van der Waals surface area (Å²) in [6.07, 6.45) is 1.53. The van der Waals surface area contributed by atoms with Crippen LogP contribution in [0, 0.1) is 0 Å². The number of aliphatic hydroxyl groups excluding tert-OH is 1. The third-order valence-electron chi connectivity index (χ3n) is 4.51. The van der Waals surface area contributed by atoms with E-state index in [2.05, 4.69) is 10.6 Å². The fourth-order valence-electron chi connectivity index (χ4n) is 3.16. The second kappa shape index (κ2) is 8.31. The molecular weight excluding hydrogens is 337 g/mol. The number of aliphatic hydroxyl groups is 1. The van der Waals surface area contributed by atoms with E-state index >= 15 is 0 Å². The maximum Gasteiger partial charge on any atom is 0.253 e. The number of rotatable bonds is 3. The summed E-state index contributed by atoms with van der Waals surface area (Å²) in [4.78, 5) is 14.3. The molecule has 0 bridgehead atoms. The zero-order valence-corrected chi connectivity index (χ0v) is 14.4. The Balaban J connectivity index is 0.00000192. The molecule has 0 aliphatic carbocycles. The van der Waals surface area contributed by atoms with Crippen LogP contribution in [0.25, 0.3) is 0 Å². The standard InChI is InChI=1S/C16H22ClN3O2.ClH/c17-12-3-1-11(2-4-12)16(22)20-7-5-13(6-8-20)19-14-9-18-10-15(14)21;/h1-4,13-15,18-19,21H,5-10H2;1H. The number of hydrogen-bond acceptors (Lipinski definition) is 4. The van der Waals surface area contributed by atoms with Gasteiger partial charge in [0, 0.05) is 48.8 Å². The van der Waals surface area contributed by atoms with Gasteiger partial charge in [0.25, 0.3) is 5.91 Å². The molecule has 2 fully saturated rings. The first-order valence-corrected chi connectivity index (χ1v) is 8.21. The lowest BCUT2D eigenvalue weighted by atomic mass is 10.0. The van der Waals surface area contributed by atoms with Crippen LogP contribution >= 0.6 is 24.0 Å². The SMILES string of the molecule is Cl.O=C(c1ccc(Cl)cc1)N1CCC(NC2CNCC2O)CC1. The quantitative estimate of drug-likeness (QED) is 0.760. The van der Waals surface area contributed by atoms with Gasteiger partial charge in [-0.1, -0.05) is 11.6 Å². The molecule has 2 saturated heterocycles. The Labute approximate surface area is 147 Å². The van der Waals surface area contributed by atoms with Crippen LogP contribution in [0.15, 0.2) is 24.3 Å². The second-order valence-electron chi connectivity index (χ2n) is 6.07. The summed E-state index contributed by atoms with van der Waals surface area (Å²) >= 11 is 5.86. The van der Waals surface area contributed by atoms with E-state index in [1.807, 2.05) is 4.90 Å². The van der Waals surface area contributed by atoms with Crippen molar-refractivity contribution < 1.29 is 9.90 Å². The number of piperidine rings is 1. The van der Waals surface area contributed by atoms with Crippen LogP contribution < -0.4 is 10.6 Å². The lowest BCUT2D eigenvalue weighted by molar-refractivity contribution is 0.0691. The molecule has 2 aliphatic rings. The van der Waals surface area contributed by atoms with Crippen molar-refractivity contribution in [3.63, 3.8) is 0 Å². The molecule has 3 rings (SSSR count). The van der Waals surface area contributed by atoms with Gasteiger partial charge in [0.15, 0.2) is 0 Å². The molecule has 0 saturated carbocycles. The van der Waals surface area contributed by atoms with Crippen molar-refractivity contribution >= 4 is 29.9 Å². The highest BCUT2D eigenvalue weighted by Crippen LogP contribution is 2.17. The topological polar surface area (TPSA) is 64.6 Å². The number of nitrogens with zero attached hydrogens (tertiary/aromatic N) is 1. The van der Waals surface area contributed by atoms with Crippen LogP contribution in [-0.2, 0) is 0 Å². The van der Waals surface area contributed by atoms with E-state index in [0.717, 1.165) is 32.5 Å². The number of β-amino-alcohol motifs (C(OH)–C–C–N with tert-alkyl or cyclic N) is 1. The van der Waals surface area contributed by atoms with Crippen LogP contribution in [0.5, 0.6) is 0 Å². The summed E-state index contributed by atoms with van der Waals surface area (Å²) in [5.41, 5.74) is 0.686. The zero-order chi connectivity index (χ0) is 15.5. The molecule has 128 valence electrons. The number of amides is 1. The van der Waals surface area contributed by atoms with Crippen molar-refractivity contribution in [1.29, 1.82) is 0 Å². The third-order valence-corrected chi connectivity index (χ3v) is 4.76. The smallest absolute Gasteiger partial charge is 0.253 e. The molecule has 0 spiro atoms. The van der Waals surface area contributed by atoms with Crippen LogP contribution in [0.2, 0.25) is 5.02 Å². The van der Waals surface area contributed by atoms with Crippen molar-refractivity contribution in [1.82, 2.24) is 15.5 Å². The van der Waals surface area contributed by atoms with Crippen molar-refractivity contribution in [2.45, 2.75) is 31.0 Å². The van der Waals surface area contributed by atoms with Gasteiger partial charge in [-0.3, -0.25) is 4.79 Å². The zero-order valence-electron chi connectivity index (χ0n) is 12.9. The van der Waals surface area contributed by atoms with Crippen molar-refractivity contribution in [2.24, 2.45) is 0 Å². The number of carbonyl (C=O) groups is 1. The number of halogens is 2. The van der Waals surface area contributed by atoms with Crippen LogP contribution in [0.1, 0.15) is 23.2 Å². The molecular formula is C16H23Cl2N3O2.